The molecule has 0 rings (SSSR count). The fraction of sp³-hybridized carbons (Fsp3) is 1.00. The largest absolute Gasteiger partial charge is 0.328 e. The van der Waals surface area contributed by atoms with Crippen LogP contribution in [0.3, 0.4) is 0 Å². The van der Waals surface area contributed by atoms with Crippen molar-refractivity contribution in [3.63, 3.8) is 0 Å². The summed E-state index contributed by atoms with van der Waals surface area (Å²) in [4.78, 5) is 2.42. The van der Waals surface area contributed by atoms with Gasteiger partial charge in [-0.2, -0.15) is 0 Å². The molecule has 2 nitrogen and oxygen atoms in total. The lowest BCUT2D eigenvalue weighted by molar-refractivity contribution is 0.200. The third kappa shape index (κ3) is 5.61. The van der Waals surface area contributed by atoms with E-state index in [9.17, 15) is 0 Å². The summed E-state index contributed by atoms with van der Waals surface area (Å²) < 4.78 is 0. The Bertz CT molecular complexity index is 134. The van der Waals surface area contributed by atoms with Gasteiger partial charge in [0.25, 0.3) is 0 Å². The second kappa shape index (κ2) is 7.24. The summed E-state index contributed by atoms with van der Waals surface area (Å²) in [5.41, 5.74) is 5.98. The Labute approximate surface area is 89.9 Å². The van der Waals surface area contributed by atoms with Gasteiger partial charge in [0, 0.05) is 12.1 Å². The van der Waals surface area contributed by atoms with Crippen molar-refractivity contribution in [3.8, 4) is 0 Å². The van der Waals surface area contributed by atoms with E-state index in [0.29, 0.717) is 12.1 Å². The Hall–Kier alpha value is -0.0800. The molecule has 0 aliphatic rings. The summed E-state index contributed by atoms with van der Waals surface area (Å²) in [6.45, 7) is 10.1. The Morgan fingerprint density at radius 3 is 2.14 bits per heavy atom. The summed E-state index contributed by atoms with van der Waals surface area (Å²) in [6, 6.07) is 1.05. The maximum absolute atomic E-state index is 5.98. The van der Waals surface area contributed by atoms with Crippen LogP contribution in [0.15, 0.2) is 0 Å². The molecule has 0 aliphatic carbocycles. The van der Waals surface area contributed by atoms with Crippen LogP contribution in [-0.4, -0.2) is 30.6 Å². The van der Waals surface area contributed by atoms with Gasteiger partial charge in [0.15, 0.2) is 0 Å². The lowest BCUT2D eigenvalue weighted by Crippen LogP contribution is -2.36. The van der Waals surface area contributed by atoms with E-state index >= 15 is 0 Å². The van der Waals surface area contributed by atoms with Crippen molar-refractivity contribution < 1.29 is 0 Å². The average Bonchev–Trinajstić information content (AvgIpc) is 2.13. The molecule has 2 atom stereocenters. The highest BCUT2D eigenvalue weighted by molar-refractivity contribution is 4.69. The van der Waals surface area contributed by atoms with Crippen LogP contribution in [0.4, 0.5) is 0 Å². The zero-order chi connectivity index (χ0) is 11.1. The highest BCUT2D eigenvalue weighted by atomic mass is 15.1. The highest BCUT2D eigenvalue weighted by Crippen LogP contribution is 2.09. The van der Waals surface area contributed by atoms with Crippen LogP contribution in [0, 0.1) is 5.92 Å². The molecule has 0 bridgehead atoms. The van der Waals surface area contributed by atoms with E-state index in [1.54, 1.807) is 0 Å². The Kier molecular flexibility index (Phi) is 7.20. The van der Waals surface area contributed by atoms with Crippen molar-refractivity contribution in [3.05, 3.63) is 0 Å². The Morgan fingerprint density at radius 1 is 1.14 bits per heavy atom. The van der Waals surface area contributed by atoms with Gasteiger partial charge in [-0.3, -0.25) is 0 Å². The van der Waals surface area contributed by atoms with Crippen LogP contribution in [-0.2, 0) is 0 Å². The first-order valence-electron chi connectivity index (χ1n) is 5.94. The van der Waals surface area contributed by atoms with Crippen LogP contribution >= 0.6 is 0 Å². The predicted octanol–water partition coefficient (Wildman–Crippen LogP) is 2.48. The smallest absolute Gasteiger partial charge is 0.00868 e. The van der Waals surface area contributed by atoms with Crippen molar-refractivity contribution in [2.45, 2.75) is 59.0 Å². The third-order valence-corrected chi connectivity index (χ3v) is 3.17. The van der Waals surface area contributed by atoms with Crippen LogP contribution in [0.5, 0.6) is 0 Å². The van der Waals surface area contributed by atoms with Crippen LogP contribution < -0.4 is 5.73 Å². The van der Waals surface area contributed by atoms with E-state index in [2.05, 4.69) is 39.6 Å². The molecule has 0 saturated heterocycles. The minimum Gasteiger partial charge on any atom is -0.328 e. The first kappa shape index (κ1) is 13.9. The molecule has 2 heteroatoms. The van der Waals surface area contributed by atoms with Crippen LogP contribution in [0.1, 0.15) is 47.0 Å². The lowest BCUT2D eigenvalue weighted by atomic mass is 10.0. The van der Waals surface area contributed by atoms with Gasteiger partial charge in [-0.15, -0.1) is 0 Å². The van der Waals surface area contributed by atoms with Gasteiger partial charge in [-0.1, -0.05) is 27.2 Å². The van der Waals surface area contributed by atoms with Gasteiger partial charge >= 0.3 is 0 Å². The van der Waals surface area contributed by atoms with E-state index in [1.165, 1.54) is 6.42 Å². The predicted molar refractivity (Wildman–Crippen MR) is 64.4 cm³/mol. The molecule has 0 saturated carbocycles. The van der Waals surface area contributed by atoms with E-state index in [1.807, 2.05) is 0 Å². The van der Waals surface area contributed by atoms with Crippen molar-refractivity contribution in [1.82, 2.24) is 4.90 Å². The monoisotopic (exact) mass is 200 g/mol. The van der Waals surface area contributed by atoms with Gasteiger partial charge in [-0.05, 0) is 39.3 Å². The summed E-state index contributed by atoms with van der Waals surface area (Å²) in [7, 11) is 2.20. The maximum atomic E-state index is 5.98. The normalized spacial score (nSPS) is 16.3. The molecule has 0 aliphatic heterocycles. The summed E-state index contributed by atoms with van der Waals surface area (Å²) in [5.74, 6) is 0.724. The molecule has 86 valence electrons. The number of rotatable bonds is 7. The van der Waals surface area contributed by atoms with Gasteiger partial charge < -0.3 is 10.6 Å². The second-order valence-corrected chi connectivity index (χ2v) is 4.80. The molecule has 2 N–H and O–H groups in total. The zero-order valence-corrected chi connectivity index (χ0v) is 10.6. The van der Waals surface area contributed by atoms with Crippen LogP contribution in [0.25, 0.3) is 0 Å². The van der Waals surface area contributed by atoms with Crippen molar-refractivity contribution in [1.29, 1.82) is 0 Å². The molecule has 0 spiro atoms. The van der Waals surface area contributed by atoms with E-state index < -0.39 is 0 Å². The fourth-order valence-corrected chi connectivity index (χ4v) is 1.60. The summed E-state index contributed by atoms with van der Waals surface area (Å²) in [5, 5.41) is 0. The van der Waals surface area contributed by atoms with E-state index in [-0.39, 0.29) is 0 Å². The lowest BCUT2D eigenvalue weighted by Gasteiger charge is -2.28. The number of nitrogens with zero attached hydrogens (tertiary/aromatic N) is 1. The molecular weight excluding hydrogens is 172 g/mol. The topological polar surface area (TPSA) is 29.3 Å². The molecule has 2 unspecified atom stereocenters. The molecule has 0 aromatic rings. The molecule has 14 heavy (non-hydrogen) atoms. The van der Waals surface area contributed by atoms with Gasteiger partial charge in [0.1, 0.15) is 0 Å². The SMILES string of the molecule is CCCC(N)CCN(C)C(C)C(C)C. The third-order valence-electron chi connectivity index (χ3n) is 3.17. The minimum atomic E-state index is 0.391. The Balaban J connectivity index is 3.67. The molecule has 0 heterocycles. The van der Waals surface area contributed by atoms with E-state index in [4.69, 9.17) is 5.73 Å². The number of hydrogen-bond donors (Lipinski definition) is 1. The average molecular weight is 200 g/mol. The van der Waals surface area contributed by atoms with Crippen LogP contribution in [0.2, 0.25) is 0 Å². The van der Waals surface area contributed by atoms with Gasteiger partial charge in [0.05, 0.1) is 0 Å². The molecular formula is C12H28N2. The summed E-state index contributed by atoms with van der Waals surface area (Å²) in [6.07, 6.45) is 3.48. The molecule has 0 amide bonds. The van der Waals surface area contributed by atoms with Crippen molar-refractivity contribution in [2.24, 2.45) is 11.7 Å². The quantitative estimate of drug-likeness (QED) is 0.684. The van der Waals surface area contributed by atoms with Gasteiger partial charge in [0.2, 0.25) is 0 Å². The first-order chi connectivity index (χ1) is 6.49. The summed E-state index contributed by atoms with van der Waals surface area (Å²) >= 11 is 0. The molecule has 0 aromatic carbocycles. The molecule has 0 aromatic heterocycles. The van der Waals surface area contributed by atoms with Gasteiger partial charge in [-0.25, -0.2) is 0 Å². The number of hydrogen-bond acceptors (Lipinski definition) is 2. The zero-order valence-electron chi connectivity index (χ0n) is 10.6. The highest BCUT2D eigenvalue weighted by Gasteiger charge is 2.13. The standard InChI is InChI=1S/C12H28N2/c1-6-7-12(13)8-9-14(5)11(4)10(2)3/h10-12H,6-9,13H2,1-5H3. The fourth-order valence-electron chi connectivity index (χ4n) is 1.60. The molecule has 0 fully saturated rings. The van der Waals surface area contributed by atoms with E-state index in [0.717, 1.165) is 25.3 Å². The Morgan fingerprint density at radius 2 is 1.71 bits per heavy atom. The van der Waals surface area contributed by atoms with Crippen molar-refractivity contribution >= 4 is 0 Å². The van der Waals surface area contributed by atoms with Crippen molar-refractivity contribution in [2.75, 3.05) is 13.6 Å². The molecule has 0 radical (unpaired) electrons. The minimum absolute atomic E-state index is 0.391. The maximum Gasteiger partial charge on any atom is 0.00868 e. The first-order valence-corrected chi connectivity index (χ1v) is 5.94. The second-order valence-electron chi connectivity index (χ2n) is 4.80. The number of nitrogens with two attached hydrogens (primary N) is 1.